The smallest absolute Gasteiger partial charge is 0.162 e. The van der Waals surface area contributed by atoms with E-state index in [1.165, 1.54) is 106 Å². The number of benzene rings is 4. The predicted octanol–water partition coefficient (Wildman–Crippen LogP) is 10.3. The van der Waals surface area contributed by atoms with Crippen molar-refractivity contribution in [2.24, 2.45) is 22.7 Å². The Balaban J connectivity index is 0.707. The first-order valence-electron chi connectivity index (χ1n) is 21.9. The maximum absolute atomic E-state index is 10.3. The lowest BCUT2D eigenvalue weighted by Crippen LogP contribution is -2.36. The summed E-state index contributed by atoms with van der Waals surface area (Å²) in [7, 11) is 0. The zero-order valence-electron chi connectivity index (χ0n) is 34.7. The van der Waals surface area contributed by atoms with Gasteiger partial charge in [0, 0.05) is 47.2 Å². The molecule has 8 heteroatoms. The van der Waals surface area contributed by atoms with E-state index in [2.05, 4.69) is 130 Å². The summed E-state index contributed by atoms with van der Waals surface area (Å²) in [6.07, 6.45) is 4.56. The number of hydrogen-bond donors (Lipinski definition) is 1. The van der Waals surface area contributed by atoms with Gasteiger partial charge < -0.3 is 14.9 Å². The quantitative estimate of drug-likeness (QED) is 0.174. The Bertz CT molecular complexity index is 2540. The molecule has 2 aliphatic carbocycles. The van der Waals surface area contributed by atoms with Gasteiger partial charge >= 0.3 is 0 Å². The molecule has 5 heterocycles. The van der Waals surface area contributed by atoms with Gasteiger partial charge in [-0.15, -0.1) is 21.5 Å². The van der Waals surface area contributed by atoms with E-state index in [1.807, 2.05) is 30.4 Å². The Morgan fingerprint density at radius 3 is 2.25 bits per heavy atom. The standard InChI is InChI=1S/C51H54N6OS/c1-30-32(3)59-51-47(30)49(52-31(2)50-54-53-33(4)57(50)51)38-12-10-34(11-13-38)35-22-24-55(25-23-35)27-44-45-28-56(29-46(44)45)40-17-14-37(15-18-40)48-42(36-8-6-5-7-9-36)20-16-39-26-41(58)19-21-43(39)48/h5-15,17-19,21,26,31,35,42,44-46,48,58H,16,20,22-25,27-29H2,1-4H3/t31-,42-,44?,45-,46+,48+/m0/s1. The van der Waals surface area contributed by atoms with Crippen molar-refractivity contribution in [2.75, 3.05) is 37.6 Å². The second kappa shape index (κ2) is 14.6. The summed E-state index contributed by atoms with van der Waals surface area (Å²) < 4.78 is 2.22. The molecule has 1 unspecified atom stereocenters. The van der Waals surface area contributed by atoms with Crippen LogP contribution in [0.3, 0.4) is 0 Å². The highest BCUT2D eigenvalue weighted by atomic mass is 32.1. The van der Waals surface area contributed by atoms with E-state index < -0.39 is 0 Å². The molecule has 0 spiro atoms. The summed E-state index contributed by atoms with van der Waals surface area (Å²) in [5.41, 5.74) is 13.1. The topological polar surface area (TPSA) is 69.8 Å². The largest absolute Gasteiger partial charge is 0.508 e. The molecule has 2 aromatic heterocycles. The average molecular weight is 799 g/mol. The first-order chi connectivity index (χ1) is 28.8. The van der Waals surface area contributed by atoms with E-state index in [0.717, 1.165) is 48.0 Å². The third kappa shape index (κ3) is 6.45. The summed E-state index contributed by atoms with van der Waals surface area (Å²) in [6, 6.07) is 35.9. The van der Waals surface area contributed by atoms with E-state index in [1.54, 1.807) is 0 Å². The molecular formula is C51H54N6OS. The number of aliphatic imine (C=N–C) groups is 1. The van der Waals surface area contributed by atoms with E-state index in [4.69, 9.17) is 4.99 Å². The molecule has 1 N–H and O–H groups in total. The predicted molar refractivity (Wildman–Crippen MR) is 239 cm³/mol. The van der Waals surface area contributed by atoms with Gasteiger partial charge in [0.05, 0.1) is 5.71 Å². The molecule has 11 rings (SSSR count). The Labute approximate surface area is 352 Å². The number of aromatic hydroxyl groups is 1. The van der Waals surface area contributed by atoms with E-state index in [9.17, 15) is 5.11 Å². The number of fused-ring (bicyclic) bond motifs is 5. The molecule has 0 radical (unpaired) electrons. The Morgan fingerprint density at radius 2 is 1.51 bits per heavy atom. The first-order valence-corrected chi connectivity index (χ1v) is 22.8. The number of phenolic OH excluding ortho intramolecular Hbond substituents is 1. The molecule has 5 aliphatic rings. The van der Waals surface area contributed by atoms with Crippen molar-refractivity contribution in [1.82, 2.24) is 19.7 Å². The fourth-order valence-corrected chi connectivity index (χ4v) is 12.7. The lowest BCUT2D eigenvalue weighted by molar-refractivity contribution is 0.198. The third-order valence-corrected chi connectivity index (χ3v) is 16.1. The third-order valence-electron chi connectivity index (χ3n) is 14.9. The highest BCUT2D eigenvalue weighted by Gasteiger charge is 2.55. The maximum atomic E-state index is 10.3. The highest BCUT2D eigenvalue weighted by molar-refractivity contribution is 7.15. The minimum absolute atomic E-state index is 0.0627. The Hall–Kier alpha value is -5.05. The molecule has 7 nitrogen and oxygen atoms in total. The highest BCUT2D eigenvalue weighted by Crippen LogP contribution is 2.54. The number of phenols is 1. The molecule has 6 aromatic rings. The zero-order chi connectivity index (χ0) is 39.9. The van der Waals surface area contributed by atoms with Crippen LogP contribution in [0.1, 0.15) is 111 Å². The summed E-state index contributed by atoms with van der Waals surface area (Å²) in [6.45, 7) is 14.6. The second-order valence-corrected chi connectivity index (χ2v) is 19.4. The summed E-state index contributed by atoms with van der Waals surface area (Å²) in [4.78, 5) is 12.0. The van der Waals surface area contributed by atoms with Gasteiger partial charge in [-0.1, -0.05) is 72.8 Å². The van der Waals surface area contributed by atoms with E-state index in [0.29, 0.717) is 23.5 Å². The van der Waals surface area contributed by atoms with Crippen LogP contribution in [0.5, 0.6) is 5.75 Å². The number of likely N-dealkylation sites (tertiary alicyclic amines) is 1. The lowest BCUT2D eigenvalue weighted by atomic mass is 9.69. The average Bonchev–Trinajstić information content (AvgIpc) is 3.53. The van der Waals surface area contributed by atoms with Crippen LogP contribution >= 0.6 is 11.3 Å². The van der Waals surface area contributed by atoms with E-state index in [-0.39, 0.29) is 6.04 Å². The zero-order valence-corrected chi connectivity index (χ0v) is 35.5. The van der Waals surface area contributed by atoms with Crippen molar-refractivity contribution >= 4 is 22.7 Å². The summed E-state index contributed by atoms with van der Waals surface area (Å²) in [5.74, 6) is 6.04. The monoisotopic (exact) mass is 798 g/mol. The van der Waals surface area contributed by atoms with Gasteiger partial charge in [0.1, 0.15) is 22.6 Å². The summed E-state index contributed by atoms with van der Waals surface area (Å²) >= 11 is 1.82. The van der Waals surface area contributed by atoms with Crippen LogP contribution in [0.4, 0.5) is 5.69 Å². The minimum Gasteiger partial charge on any atom is -0.508 e. The number of aryl methyl sites for hydroxylation is 3. The molecule has 1 saturated carbocycles. The molecule has 0 amide bonds. The molecule has 0 bridgehead atoms. The molecule has 59 heavy (non-hydrogen) atoms. The normalized spacial score (nSPS) is 25.2. The van der Waals surface area contributed by atoms with E-state index >= 15 is 0 Å². The molecule has 3 aliphatic heterocycles. The molecule has 300 valence electrons. The Morgan fingerprint density at radius 1 is 0.780 bits per heavy atom. The molecular weight excluding hydrogens is 745 g/mol. The maximum Gasteiger partial charge on any atom is 0.162 e. The number of anilines is 1. The second-order valence-electron chi connectivity index (χ2n) is 18.2. The fourth-order valence-electron chi connectivity index (χ4n) is 11.4. The van der Waals surface area contributed by atoms with Gasteiger partial charge in [0.25, 0.3) is 0 Å². The van der Waals surface area contributed by atoms with Crippen LogP contribution in [0.25, 0.3) is 5.00 Å². The Kier molecular flexibility index (Phi) is 9.15. The van der Waals surface area contributed by atoms with Crippen molar-refractivity contribution in [3.05, 3.63) is 158 Å². The number of aromatic nitrogens is 3. The molecule has 3 fully saturated rings. The first kappa shape index (κ1) is 37.0. The molecule has 4 aromatic carbocycles. The SMILES string of the molecule is Cc1sc2c(c1C)C(c1ccc(C3CCN(CC4[C@H]5CN(c6ccc([C@H]7c8ccc(O)cc8CC[C@H]7c7ccccc7)cc6)C[C@@H]45)CC3)cc1)=N[C@@H](C)c1nnc(C)n1-2. The van der Waals surface area contributed by atoms with Crippen molar-refractivity contribution in [3.63, 3.8) is 0 Å². The van der Waals surface area contributed by atoms with Crippen molar-refractivity contribution in [3.8, 4) is 10.8 Å². The van der Waals surface area contributed by atoms with Gasteiger partial charge in [0.2, 0.25) is 0 Å². The van der Waals surface area contributed by atoms with Crippen LogP contribution in [-0.2, 0) is 6.42 Å². The van der Waals surface area contributed by atoms with Crippen LogP contribution in [0.2, 0.25) is 0 Å². The fraction of sp³-hybridized carbons (Fsp3) is 0.392. The van der Waals surface area contributed by atoms with Gasteiger partial charge in [-0.25, -0.2) is 0 Å². The number of hydrogen-bond acceptors (Lipinski definition) is 7. The molecule has 2 saturated heterocycles. The van der Waals surface area contributed by atoms with Gasteiger partial charge in [-0.05, 0) is 154 Å². The van der Waals surface area contributed by atoms with Crippen LogP contribution in [-0.4, -0.2) is 63.2 Å². The van der Waals surface area contributed by atoms with Crippen LogP contribution in [0, 0.1) is 38.5 Å². The van der Waals surface area contributed by atoms with Gasteiger partial charge in [0.15, 0.2) is 5.82 Å². The minimum atomic E-state index is -0.0627. The number of thiophene rings is 1. The van der Waals surface area contributed by atoms with Gasteiger partial charge in [-0.3, -0.25) is 9.56 Å². The van der Waals surface area contributed by atoms with Crippen molar-refractivity contribution in [1.29, 1.82) is 0 Å². The lowest BCUT2D eigenvalue weighted by Gasteiger charge is -2.35. The van der Waals surface area contributed by atoms with Gasteiger partial charge in [-0.2, -0.15) is 0 Å². The van der Waals surface area contributed by atoms with Crippen LogP contribution < -0.4 is 4.90 Å². The van der Waals surface area contributed by atoms with Crippen LogP contribution in [0.15, 0.2) is 102 Å². The number of piperidine rings is 2. The summed E-state index contributed by atoms with van der Waals surface area (Å²) in [5, 5.41) is 20.4. The number of nitrogens with zero attached hydrogens (tertiary/aromatic N) is 6. The molecule has 6 atom stereocenters. The van der Waals surface area contributed by atoms with Crippen molar-refractivity contribution in [2.45, 2.75) is 77.2 Å². The van der Waals surface area contributed by atoms with Crippen molar-refractivity contribution < 1.29 is 5.11 Å². The number of rotatable bonds is 7.